The van der Waals surface area contributed by atoms with Crippen LogP contribution in [-0.2, 0) is 6.42 Å². The first kappa shape index (κ1) is 13.4. The second kappa shape index (κ2) is 6.85. The van der Waals surface area contributed by atoms with Gasteiger partial charge in [0.15, 0.2) is 0 Å². The molecule has 0 aliphatic heterocycles. The fourth-order valence-corrected chi connectivity index (χ4v) is 1.41. The third-order valence-electron chi connectivity index (χ3n) is 2.05. The summed E-state index contributed by atoms with van der Waals surface area (Å²) in [4.78, 5) is 13.9. The van der Waals surface area contributed by atoms with Gasteiger partial charge in [-0.1, -0.05) is 24.6 Å². The van der Waals surface area contributed by atoms with Crippen LogP contribution in [0.3, 0.4) is 0 Å². The lowest BCUT2D eigenvalue weighted by Crippen LogP contribution is -2.17. The molecule has 1 aromatic rings. The van der Waals surface area contributed by atoms with E-state index in [0.29, 0.717) is 23.8 Å². The maximum Gasteiger partial charge on any atom is 0.253 e. The molecule has 0 spiro atoms. The Balaban J connectivity index is 2.71. The lowest BCUT2D eigenvalue weighted by molar-refractivity contribution is -0.403. The summed E-state index contributed by atoms with van der Waals surface area (Å²) in [5.74, 6) is 0. The van der Waals surface area contributed by atoms with Crippen LogP contribution in [0.15, 0.2) is 30.2 Å². The molecule has 0 atom stereocenters. The molecule has 0 fully saturated rings. The van der Waals surface area contributed by atoms with Crippen LogP contribution in [0, 0.1) is 10.1 Å². The third-order valence-corrected chi connectivity index (χ3v) is 2.27. The van der Waals surface area contributed by atoms with Crippen molar-refractivity contribution in [2.75, 3.05) is 6.54 Å². The maximum absolute atomic E-state index is 10.5. The Kier molecular flexibility index (Phi) is 5.42. The molecule has 92 valence electrons. The fraction of sp³-hybridized carbons (Fsp3) is 0.364. The van der Waals surface area contributed by atoms with Crippen LogP contribution in [0.4, 0.5) is 0 Å². The summed E-state index contributed by atoms with van der Waals surface area (Å²) in [5.41, 5.74) is 1.45. The second-order valence-corrected chi connectivity index (χ2v) is 3.92. The van der Waals surface area contributed by atoms with Crippen molar-refractivity contribution >= 4 is 11.6 Å². The fourth-order valence-electron chi connectivity index (χ4n) is 1.30. The van der Waals surface area contributed by atoms with Crippen LogP contribution in [0.5, 0.6) is 0 Å². The van der Waals surface area contributed by atoms with Crippen LogP contribution >= 0.6 is 11.6 Å². The molecule has 0 aliphatic carbocycles. The molecule has 0 aliphatic rings. The van der Waals surface area contributed by atoms with E-state index in [1.54, 1.807) is 18.3 Å². The van der Waals surface area contributed by atoms with E-state index in [9.17, 15) is 10.1 Å². The number of halogens is 1. The minimum absolute atomic E-state index is 0.412. The van der Waals surface area contributed by atoms with Gasteiger partial charge in [0.25, 0.3) is 6.20 Å². The average Bonchev–Trinajstić information content (AvgIpc) is 2.28. The Morgan fingerprint density at radius 2 is 2.41 bits per heavy atom. The van der Waals surface area contributed by atoms with Crippen LogP contribution in [-0.4, -0.2) is 16.5 Å². The Morgan fingerprint density at radius 1 is 1.65 bits per heavy atom. The smallest absolute Gasteiger partial charge is 0.253 e. The molecule has 0 radical (unpaired) electrons. The first-order chi connectivity index (χ1) is 8.11. The highest BCUT2D eigenvalue weighted by Crippen LogP contribution is 2.09. The molecule has 1 aromatic heterocycles. The average molecular weight is 256 g/mol. The summed E-state index contributed by atoms with van der Waals surface area (Å²) < 4.78 is 0. The molecule has 0 amide bonds. The topological polar surface area (TPSA) is 68.1 Å². The molecule has 1 heterocycles. The van der Waals surface area contributed by atoms with Gasteiger partial charge in [-0.2, -0.15) is 0 Å². The van der Waals surface area contributed by atoms with Gasteiger partial charge in [0, 0.05) is 19.2 Å². The quantitative estimate of drug-likeness (QED) is 0.481. The molecule has 0 saturated carbocycles. The zero-order chi connectivity index (χ0) is 12.7. The molecule has 5 nitrogen and oxygen atoms in total. The van der Waals surface area contributed by atoms with Crippen molar-refractivity contribution in [3.05, 3.63) is 51.1 Å². The summed E-state index contributed by atoms with van der Waals surface area (Å²) >= 11 is 5.67. The largest absolute Gasteiger partial charge is 0.383 e. The summed E-state index contributed by atoms with van der Waals surface area (Å²) in [7, 11) is 0. The van der Waals surface area contributed by atoms with Crippen molar-refractivity contribution in [3.63, 3.8) is 0 Å². The minimum atomic E-state index is -0.457. The van der Waals surface area contributed by atoms with Crippen LogP contribution < -0.4 is 5.32 Å². The van der Waals surface area contributed by atoms with E-state index < -0.39 is 4.92 Å². The zero-order valence-electron chi connectivity index (χ0n) is 9.52. The SMILES string of the molecule is CCCN/C(=C/[N+](=O)[O-])Cc1ccc(Cl)nc1. The predicted octanol–water partition coefficient (Wildman–Crippen LogP) is 2.40. The maximum atomic E-state index is 10.5. The molecule has 0 saturated heterocycles. The monoisotopic (exact) mass is 255 g/mol. The van der Waals surface area contributed by atoms with Gasteiger partial charge in [0.05, 0.1) is 10.6 Å². The van der Waals surface area contributed by atoms with Crippen LogP contribution in [0.1, 0.15) is 18.9 Å². The van der Waals surface area contributed by atoms with E-state index in [1.165, 1.54) is 0 Å². The normalized spacial score (nSPS) is 11.3. The molecular formula is C11H14ClN3O2. The van der Waals surface area contributed by atoms with Crippen molar-refractivity contribution in [2.24, 2.45) is 0 Å². The summed E-state index contributed by atoms with van der Waals surface area (Å²) in [5, 5.41) is 13.9. The van der Waals surface area contributed by atoms with E-state index in [2.05, 4.69) is 10.3 Å². The van der Waals surface area contributed by atoms with Gasteiger partial charge in [-0.15, -0.1) is 0 Å². The Morgan fingerprint density at radius 3 is 2.94 bits per heavy atom. The van der Waals surface area contributed by atoms with Crippen LogP contribution in [0.25, 0.3) is 0 Å². The molecule has 0 unspecified atom stereocenters. The number of hydrogen-bond donors (Lipinski definition) is 1. The number of aromatic nitrogens is 1. The van der Waals surface area contributed by atoms with Crippen LogP contribution in [0.2, 0.25) is 5.15 Å². The number of allylic oxidation sites excluding steroid dienone is 1. The van der Waals surface area contributed by atoms with Crippen molar-refractivity contribution < 1.29 is 4.92 Å². The number of hydrogen-bond acceptors (Lipinski definition) is 4. The second-order valence-electron chi connectivity index (χ2n) is 3.53. The van der Waals surface area contributed by atoms with Gasteiger partial charge < -0.3 is 5.32 Å². The highest BCUT2D eigenvalue weighted by molar-refractivity contribution is 6.29. The van der Waals surface area contributed by atoms with E-state index in [0.717, 1.165) is 18.2 Å². The number of nitro groups is 1. The number of rotatable bonds is 6. The number of nitrogens with zero attached hydrogens (tertiary/aromatic N) is 2. The lowest BCUT2D eigenvalue weighted by atomic mass is 10.1. The predicted molar refractivity (Wildman–Crippen MR) is 66.3 cm³/mol. The van der Waals surface area contributed by atoms with E-state index in [1.807, 2.05) is 6.92 Å². The molecule has 1 N–H and O–H groups in total. The molecule has 6 heteroatoms. The van der Waals surface area contributed by atoms with Crippen molar-refractivity contribution in [1.29, 1.82) is 0 Å². The highest BCUT2D eigenvalue weighted by Gasteiger charge is 2.04. The number of pyridine rings is 1. The van der Waals surface area contributed by atoms with Gasteiger partial charge in [-0.3, -0.25) is 10.1 Å². The van der Waals surface area contributed by atoms with Gasteiger partial charge in [0.1, 0.15) is 5.15 Å². The van der Waals surface area contributed by atoms with E-state index in [4.69, 9.17) is 11.6 Å². The molecular weight excluding hydrogens is 242 g/mol. The van der Waals surface area contributed by atoms with E-state index in [-0.39, 0.29) is 0 Å². The third kappa shape index (κ3) is 5.31. The Bertz CT molecular complexity index is 404. The van der Waals surface area contributed by atoms with Gasteiger partial charge >= 0.3 is 0 Å². The van der Waals surface area contributed by atoms with Gasteiger partial charge in [0.2, 0.25) is 0 Å². The van der Waals surface area contributed by atoms with Crippen molar-refractivity contribution in [3.8, 4) is 0 Å². The number of nitrogens with one attached hydrogen (secondary N) is 1. The summed E-state index contributed by atoms with van der Waals surface area (Å²) in [6.07, 6.45) is 3.97. The minimum Gasteiger partial charge on any atom is -0.383 e. The molecule has 0 bridgehead atoms. The van der Waals surface area contributed by atoms with Gasteiger partial charge in [-0.05, 0) is 18.1 Å². The lowest BCUT2D eigenvalue weighted by Gasteiger charge is -2.07. The van der Waals surface area contributed by atoms with Crippen molar-refractivity contribution in [2.45, 2.75) is 19.8 Å². The van der Waals surface area contributed by atoms with Crippen molar-refractivity contribution in [1.82, 2.24) is 10.3 Å². The Labute approximate surface area is 105 Å². The summed E-state index contributed by atoms with van der Waals surface area (Å²) in [6, 6.07) is 3.47. The highest BCUT2D eigenvalue weighted by atomic mass is 35.5. The summed E-state index contributed by atoms with van der Waals surface area (Å²) in [6.45, 7) is 2.71. The first-order valence-electron chi connectivity index (χ1n) is 5.30. The van der Waals surface area contributed by atoms with Gasteiger partial charge in [-0.25, -0.2) is 4.98 Å². The molecule has 1 rings (SSSR count). The Hall–Kier alpha value is -1.62. The standard InChI is InChI=1S/C11H14ClN3O2/c1-2-5-13-10(8-15(16)17)6-9-3-4-11(12)14-7-9/h3-4,7-8,13H,2,5-6H2,1H3/b10-8+. The first-order valence-corrected chi connectivity index (χ1v) is 5.68. The zero-order valence-corrected chi connectivity index (χ0v) is 10.3. The molecule has 17 heavy (non-hydrogen) atoms. The molecule has 0 aromatic carbocycles. The van der Waals surface area contributed by atoms with E-state index >= 15 is 0 Å².